The van der Waals surface area contributed by atoms with E-state index in [1.807, 2.05) is 6.07 Å². The van der Waals surface area contributed by atoms with Crippen molar-refractivity contribution in [1.82, 2.24) is 9.97 Å². The van der Waals surface area contributed by atoms with Crippen molar-refractivity contribution in [1.29, 1.82) is 0 Å². The van der Waals surface area contributed by atoms with Crippen LogP contribution in [-0.2, 0) is 0 Å². The second-order valence-corrected chi connectivity index (χ2v) is 5.81. The van der Waals surface area contributed by atoms with Gasteiger partial charge in [-0.1, -0.05) is 45.9 Å². The van der Waals surface area contributed by atoms with E-state index in [1.54, 1.807) is 7.11 Å². The Labute approximate surface area is 126 Å². The number of nitrogen functional groups attached to an aromatic ring is 1. The molecular weight excluding hydrogens is 262 g/mol. The third-order valence-corrected chi connectivity index (χ3v) is 3.57. The number of aromatic nitrogens is 2. The molecule has 0 fully saturated rings. The summed E-state index contributed by atoms with van der Waals surface area (Å²) < 4.78 is 5.19. The molecule has 2 rings (SSSR count). The summed E-state index contributed by atoms with van der Waals surface area (Å²) >= 11 is 0. The molecule has 1 aromatic heterocycles. The van der Waals surface area contributed by atoms with Gasteiger partial charge >= 0.3 is 0 Å². The average Bonchev–Trinajstić information content (AvgIpc) is 2.45. The van der Waals surface area contributed by atoms with Crippen molar-refractivity contribution in [3.8, 4) is 17.1 Å². The van der Waals surface area contributed by atoms with Crippen molar-refractivity contribution in [2.75, 3.05) is 12.8 Å². The van der Waals surface area contributed by atoms with Crippen LogP contribution in [0.4, 0.5) is 5.95 Å². The Morgan fingerprint density at radius 3 is 2.29 bits per heavy atom. The average molecular weight is 285 g/mol. The van der Waals surface area contributed by atoms with Gasteiger partial charge in [0.25, 0.3) is 0 Å². The van der Waals surface area contributed by atoms with Gasteiger partial charge in [-0.2, -0.15) is 4.98 Å². The first-order valence-electron chi connectivity index (χ1n) is 7.25. The maximum Gasteiger partial charge on any atom is 0.223 e. The highest BCUT2D eigenvalue weighted by Crippen LogP contribution is 2.32. The Hall–Kier alpha value is -2.10. The Morgan fingerprint density at radius 2 is 1.71 bits per heavy atom. The number of benzene rings is 1. The van der Waals surface area contributed by atoms with E-state index in [9.17, 15) is 0 Å². The number of nitrogens with zero attached hydrogens (tertiary/aromatic N) is 2. The van der Waals surface area contributed by atoms with Crippen LogP contribution in [0.5, 0.6) is 5.88 Å². The van der Waals surface area contributed by atoms with Crippen LogP contribution in [0.3, 0.4) is 0 Å². The summed E-state index contributed by atoms with van der Waals surface area (Å²) in [6, 6.07) is 8.35. The number of ether oxygens (including phenoxy) is 1. The molecule has 0 spiro atoms. The Bertz CT molecular complexity index is 636. The van der Waals surface area contributed by atoms with Gasteiger partial charge in [0.1, 0.15) is 0 Å². The molecule has 4 heteroatoms. The molecule has 2 N–H and O–H groups in total. The summed E-state index contributed by atoms with van der Waals surface area (Å²) in [5.74, 6) is 1.62. The van der Waals surface area contributed by atoms with Crippen LogP contribution in [0.25, 0.3) is 11.3 Å². The molecule has 0 aliphatic carbocycles. The highest BCUT2D eigenvalue weighted by Gasteiger charge is 2.14. The highest BCUT2D eigenvalue weighted by molar-refractivity contribution is 5.67. The van der Waals surface area contributed by atoms with Crippen molar-refractivity contribution in [3.05, 3.63) is 35.4 Å². The number of nitrogens with two attached hydrogens (primary N) is 1. The van der Waals surface area contributed by atoms with Crippen molar-refractivity contribution >= 4 is 5.95 Å². The second-order valence-electron chi connectivity index (χ2n) is 5.81. The Kier molecular flexibility index (Phi) is 4.46. The predicted octanol–water partition coefficient (Wildman–Crippen LogP) is 3.98. The molecule has 0 aliphatic heterocycles. The van der Waals surface area contributed by atoms with Crippen molar-refractivity contribution in [2.24, 2.45) is 0 Å². The Balaban J connectivity index is 2.60. The zero-order valence-corrected chi connectivity index (χ0v) is 13.3. The lowest BCUT2D eigenvalue weighted by Gasteiger charge is -2.16. The maximum atomic E-state index is 5.77. The van der Waals surface area contributed by atoms with E-state index in [0.717, 1.165) is 11.3 Å². The first-order valence-corrected chi connectivity index (χ1v) is 7.25. The summed E-state index contributed by atoms with van der Waals surface area (Å²) in [6.07, 6.45) is 0. The van der Waals surface area contributed by atoms with Crippen LogP contribution >= 0.6 is 0 Å². The van der Waals surface area contributed by atoms with Crippen LogP contribution in [-0.4, -0.2) is 17.1 Å². The van der Waals surface area contributed by atoms with Crippen LogP contribution in [0.1, 0.15) is 50.7 Å². The molecule has 2 aromatic rings. The fraction of sp³-hybridized carbons (Fsp3) is 0.412. The minimum atomic E-state index is 0.229. The lowest BCUT2D eigenvalue weighted by Crippen LogP contribution is -2.02. The topological polar surface area (TPSA) is 61.0 Å². The van der Waals surface area contributed by atoms with Gasteiger partial charge in [0.2, 0.25) is 11.8 Å². The monoisotopic (exact) mass is 285 g/mol. The third kappa shape index (κ3) is 3.32. The van der Waals surface area contributed by atoms with Crippen LogP contribution in [0, 0.1) is 0 Å². The van der Waals surface area contributed by atoms with Crippen LogP contribution < -0.4 is 10.5 Å². The van der Waals surface area contributed by atoms with E-state index in [0.29, 0.717) is 17.7 Å². The molecule has 0 saturated carbocycles. The quantitative estimate of drug-likeness (QED) is 0.923. The van der Waals surface area contributed by atoms with Crippen molar-refractivity contribution in [2.45, 2.75) is 39.5 Å². The van der Waals surface area contributed by atoms with Gasteiger partial charge in [0.05, 0.1) is 12.8 Å². The minimum Gasteiger partial charge on any atom is -0.481 e. The highest BCUT2D eigenvalue weighted by atomic mass is 16.5. The lowest BCUT2D eigenvalue weighted by molar-refractivity contribution is 0.398. The molecule has 1 heterocycles. The predicted molar refractivity (Wildman–Crippen MR) is 86.6 cm³/mol. The summed E-state index contributed by atoms with van der Waals surface area (Å²) in [5, 5.41) is 0. The van der Waals surface area contributed by atoms with Crippen LogP contribution in [0.2, 0.25) is 0 Å². The molecule has 0 aliphatic rings. The molecule has 0 amide bonds. The molecular formula is C17H23N3O. The maximum absolute atomic E-state index is 5.77. The zero-order chi connectivity index (χ0) is 15.6. The van der Waals surface area contributed by atoms with Crippen LogP contribution in [0.15, 0.2) is 24.3 Å². The molecule has 21 heavy (non-hydrogen) atoms. The normalized spacial score (nSPS) is 11.2. The molecule has 0 bridgehead atoms. The molecule has 112 valence electrons. The van der Waals surface area contributed by atoms with E-state index in [4.69, 9.17) is 10.5 Å². The van der Waals surface area contributed by atoms with E-state index >= 15 is 0 Å². The number of anilines is 1. The fourth-order valence-electron chi connectivity index (χ4n) is 2.34. The summed E-state index contributed by atoms with van der Waals surface area (Å²) in [5.41, 5.74) is 10.3. The second kappa shape index (κ2) is 6.12. The van der Waals surface area contributed by atoms with Crippen molar-refractivity contribution < 1.29 is 4.74 Å². The summed E-state index contributed by atoms with van der Waals surface area (Å²) in [7, 11) is 1.58. The zero-order valence-electron chi connectivity index (χ0n) is 13.3. The molecule has 0 atom stereocenters. The van der Waals surface area contributed by atoms with Crippen molar-refractivity contribution in [3.63, 3.8) is 0 Å². The number of hydrogen-bond acceptors (Lipinski definition) is 4. The summed E-state index contributed by atoms with van der Waals surface area (Å²) in [4.78, 5) is 8.40. The third-order valence-electron chi connectivity index (χ3n) is 3.57. The molecule has 0 saturated heterocycles. The standard InChI is InChI=1S/C17H23N3O/c1-10(2)12-6-7-13(14(8-12)11(3)4)15-9-16(21-5)20-17(18)19-15/h6-11H,1-5H3,(H2,18,19,20). The molecule has 0 unspecified atom stereocenters. The smallest absolute Gasteiger partial charge is 0.223 e. The molecule has 1 aromatic carbocycles. The number of methoxy groups -OCH3 is 1. The Morgan fingerprint density at radius 1 is 1.00 bits per heavy atom. The summed E-state index contributed by atoms with van der Waals surface area (Å²) in [6.45, 7) is 8.77. The first kappa shape index (κ1) is 15.3. The number of hydrogen-bond donors (Lipinski definition) is 1. The largest absolute Gasteiger partial charge is 0.481 e. The van der Waals surface area contributed by atoms with E-state index in [-0.39, 0.29) is 5.95 Å². The van der Waals surface area contributed by atoms with Gasteiger partial charge in [-0.15, -0.1) is 0 Å². The molecule has 0 radical (unpaired) electrons. The van der Waals surface area contributed by atoms with Gasteiger partial charge in [-0.05, 0) is 23.0 Å². The van der Waals surface area contributed by atoms with E-state index in [2.05, 4.69) is 55.9 Å². The van der Waals surface area contributed by atoms with E-state index in [1.165, 1.54) is 11.1 Å². The fourth-order valence-corrected chi connectivity index (χ4v) is 2.34. The number of rotatable bonds is 4. The van der Waals surface area contributed by atoms with Gasteiger partial charge in [0, 0.05) is 11.6 Å². The van der Waals surface area contributed by atoms with Gasteiger partial charge in [-0.3, -0.25) is 0 Å². The van der Waals surface area contributed by atoms with Gasteiger partial charge in [0.15, 0.2) is 0 Å². The first-order chi connectivity index (χ1) is 9.92. The lowest BCUT2D eigenvalue weighted by atomic mass is 9.90. The van der Waals surface area contributed by atoms with E-state index < -0.39 is 0 Å². The van der Waals surface area contributed by atoms with Gasteiger partial charge < -0.3 is 10.5 Å². The molecule has 4 nitrogen and oxygen atoms in total. The minimum absolute atomic E-state index is 0.229. The SMILES string of the molecule is COc1cc(-c2ccc(C(C)C)cc2C(C)C)nc(N)n1. The van der Waals surface area contributed by atoms with Gasteiger partial charge in [-0.25, -0.2) is 4.98 Å².